The van der Waals surface area contributed by atoms with Crippen molar-refractivity contribution in [1.82, 2.24) is 0 Å². The second-order valence-electron chi connectivity index (χ2n) is 3.26. The molecule has 0 amide bonds. The van der Waals surface area contributed by atoms with Gasteiger partial charge in [-0.05, 0) is 12.3 Å². The maximum Gasteiger partial charge on any atom is 0.290 e. The van der Waals surface area contributed by atoms with Crippen molar-refractivity contribution in [2.75, 3.05) is 0 Å². The van der Waals surface area contributed by atoms with Gasteiger partial charge in [0.1, 0.15) is 0 Å². The molecule has 1 unspecified atom stereocenters. The summed E-state index contributed by atoms with van der Waals surface area (Å²) in [5.41, 5.74) is 5.85. The molecule has 0 aromatic heterocycles. The van der Waals surface area contributed by atoms with Crippen molar-refractivity contribution in [1.29, 1.82) is 0 Å². The maximum absolute atomic E-state index is 8.36. The van der Waals surface area contributed by atoms with Crippen molar-refractivity contribution < 1.29 is 9.90 Å². The normalized spacial score (nSPS) is 12.9. The van der Waals surface area contributed by atoms with Crippen molar-refractivity contribution in [3.8, 4) is 0 Å². The second kappa shape index (κ2) is 5.23. The first-order valence-electron chi connectivity index (χ1n) is 3.19. The van der Waals surface area contributed by atoms with Gasteiger partial charge in [-0.1, -0.05) is 20.8 Å². The van der Waals surface area contributed by atoms with Gasteiger partial charge < -0.3 is 10.8 Å². The van der Waals surface area contributed by atoms with E-state index < -0.39 is 0 Å². The van der Waals surface area contributed by atoms with E-state index in [1.165, 1.54) is 0 Å². The van der Waals surface area contributed by atoms with Gasteiger partial charge in [-0.25, -0.2) is 0 Å². The molecule has 10 heavy (non-hydrogen) atoms. The Bertz CT molecular complexity index is 84.1. The Morgan fingerprint density at radius 2 is 1.60 bits per heavy atom. The molecular formula is C7H17NO2. The van der Waals surface area contributed by atoms with Crippen LogP contribution in [0.3, 0.4) is 0 Å². The number of rotatable bonds is 0. The Labute approximate surface area is 62.2 Å². The average Bonchev–Trinajstić information content (AvgIpc) is 1.64. The standard InChI is InChI=1S/C6H15N.CH2O2/c1-5(7)6(2,3)4;2-1-3/h5H,7H2,1-4H3;1H,(H,2,3). The fourth-order valence-electron chi connectivity index (χ4n) is 0. The van der Waals surface area contributed by atoms with E-state index in [-0.39, 0.29) is 11.9 Å². The van der Waals surface area contributed by atoms with Crippen molar-refractivity contribution in [3.63, 3.8) is 0 Å². The quantitative estimate of drug-likeness (QED) is 0.504. The minimum Gasteiger partial charge on any atom is -0.483 e. The fraction of sp³-hybridized carbons (Fsp3) is 0.857. The third-order valence-corrected chi connectivity index (χ3v) is 1.37. The number of hydrogen-bond donors (Lipinski definition) is 2. The summed E-state index contributed by atoms with van der Waals surface area (Å²) in [5.74, 6) is 0. The maximum atomic E-state index is 8.36. The zero-order chi connectivity index (χ0) is 8.78. The SMILES string of the molecule is CC(N)C(C)(C)C.O=CO. The van der Waals surface area contributed by atoms with E-state index in [2.05, 4.69) is 20.8 Å². The highest BCUT2D eigenvalue weighted by atomic mass is 16.3. The summed E-state index contributed by atoms with van der Waals surface area (Å²) in [7, 11) is 0. The molecule has 0 fully saturated rings. The summed E-state index contributed by atoms with van der Waals surface area (Å²) in [6.45, 7) is 8.19. The van der Waals surface area contributed by atoms with Crippen LogP contribution in [-0.2, 0) is 4.79 Å². The van der Waals surface area contributed by atoms with Crippen LogP contribution in [0.4, 0.5) is 0 Å². The highest BCUT2D eigenvalue weighted by Gasteiger charge is 2.14. The molecule has 3 heteroatoms. The number of carboxylic acid groups (broad SMARTS) is 1. The van der Waals surface area contributed by atoms with Crippen LogP contribution in [0.2, 0.25) is 0 Å². The molecule has 3 N–H and O–H groups in total. The molecule has 0 aromatic carbocycles. The van der Waals surface area contributed by atoms with E-state index in [1.54, 1.807) is 0 Å². The Balaban J connectivity index is 0. The molecule has 0 aliphatic heterocycles. The van der Waals surface area contributed by atoms with Gasteiger partial charge in [-0.2, -0.15) is 0 Å². The van der Waals surface area contributed by atoms with E-state index in [4.69, 9.17) is 15.6 Å². The van der Waals surface area contributed by atoms with Crippen LogP contribution in [0.25, 0.3) is 0 Å². The first kappa shape index (κ1) is 12.1. The summed E-state index contributed by atoms with van der Waals surface area (Å²) in [4.78, 5) is 8.36. The first-order valence-corrected chi connectivity index (χ1v) is 3.19. The predicted molar refractivity (Wildman–Crippen MR) is 41.8 cm³/mol. The van der Waals surface area contributed by atoms with Gasteiger partial charge >= 0.3 is 0 Å². The van der Waals surface area contributed by atoms with Crippen molar-refractivity contribution in [2.24, 2.45) is 11.1 Å². The highest BCUT2D eigenvalue weighted by molar-refractivity contribution is 5.32. The zero-order valence-electron chi connectivity index (χ0n) is 7.09. The molecule has 0 aliphatic carbocycles. The van der Waals surface area contributed by atoms with Gasteiger partial charge in [0.15, 0.2) is 0 Å². The molecule has 0 heterocycles. The molecule has 0 saturated carbocycles. The third-order valence-electron chi connectivity index (χ3n) is 1.37. The fourth-order valence-corrected chi connectivity index (χ4v) is 0. The van der Waals surface area contributed by atoms with E-state index >= 15 is 0 Å². The second-order valence-corrected chi connectivity index (χ2v) is 3.26. The Kier molecular flexibility index (Phi) is 6.35. The average molecular weight is 147 g/mol. The van der Waals surface area contributed by atoms with E-state index in [0.29, 0.717) is 6.04 Å². The molecule has 0 radical (unpaired) electrons. The lowest BCUT2D eigenvalue weighted by molar-refractivity contribution is -0.122. The molecule has 0 bridgehead atoms. The van der Waals surface area contributed by atoms with Crippen molar-refractivity contribution >= 4 is 6.47 Å². The zero-order valence-corrected chi connectivity index (χ0v) is 7.09. The van der Waals surface area contributed by atoms with Gasteiger partial charge in [0.05, 0.1) is 0 Å². The van der Waals surface area contributed by atoms with Crippen LogP contribution in [0.15, 0.2) is 0 Å². The van der Waals surface area contributed by atoms with E-state index in [9.17, 15) is 0 Å². The van der Waals surface area contributed by atoms with Gasteiger partial charge in [-0.3, -0.25) is 4.79 Å². The molecular weight excluding hydrogens is 130 g/mol. The summed E-state index contributed by atoms with van der Waals surface area (Å²) < 4.78 is 0. The van der Waals surface area contributed by atoms with Gasteiger partial charge in [-0.15, -0.1) is 0 Å². The monoisotopic (exact) mass is 147 g/mol. The molecule has 0 aliphatic rings. The molecule has 0 spiro atoms. The predicted octanol–water partition coefficient (Wildman–Crippen LogP) is 1.08. The summed E-state index contributed by atoms with van der Waals surface area (Å²) in [5, 5.41) is 6.89. The van der Waals surface area contributed by atoms with Crippen LogP contribution >= 0.6 is 0 Å². The van der Waals surface area contributed by atoms with E-state index in [0.717, 1.165) is 0 Å². The molecule has 0 rings (SSSR count). The number of nitrogens with two attached hydrogens (primary N) is 1. The van der Waals surface area contributed by atoms with E-state index in [1.807, 2.05) is 6.92 Å². The van der Waals surface area contributed by atoms with Crippen LogP contribution in [0.1, 0.15) is 27.7 Å². The third kappa shape index (κ3) is 10.4. The molecule has 0 aromatic rings. The Morgan fingerprint density at radius 3 is 1.60 bits per heavy atom. The molecule has 62 valence electrons. The Hall–Kier alpha value is -0.570. The van der Waals surface area contributed by atoms with Crippen LogP contribution in [-0.4, -0.2) is 17.6 Å². The largest absolute Gasteiger partial charge is 0.483 e. The van der Waals surface area contributed by atoms with Crippen LogP contribution in [0, 0.1) is 5.41 Å². The summed E-state index contributed by atoms with van der Waals surface area (Å²) in [6.07, 6.45) is 0. The van der Waals surface area contributed by atoms with Crippen molar-refractivity contribution in [3.05, 3.63) is 0 Å². The van der Waals surface area contributed by atoms with Gasteiger partial charge in [0.2, 0.25) is 0 Å². The first-order chi connectivity index (χ1) is 4.36. The Morgan fingerprint density at radius 1 is 1.50 bits per heavy atom. The van der Waals surface area contributed by atoms with Crippen LogP contribution in [0.5, 0.6) is 0 Å². The lowest BCUT2D eigenvalue weighted by Gasteiger charge is -2.22. The number of carbonyl (C=O) groups is 1. The highest BCUT2D eigenvalue weighted by Crippen LogP contribution is 2.15. The summed E-state index contributed by atoms with van der Waals surface area (Å²) in [6, 6.07) is 0.299. The lowest BCUT2D eigenvalue weighted by atomic mass is 9.89. The number of hydrogen-bond acceptors (Lipinski definition) is 2. The molecule has 0 saturated heterocycles. The molecule has 3 nitrogen and oxygen atoms in total. The van der Waals surface area contributed by atoms with Gasteiger partial charge in [0.25, 0.3) is 6.47 Å². The summed E-state index contributed by atoms with van der Waals surface area (Å²) >= 11 is 0. The van der Waals surface area contributed by atoms with Crippen molar-refractivity contribution in [2.45, 2.75) is 33.7 Å². The lowest BCUT2D eigenvalue weighted by Crippen LogP contribution is -2.31. The topological polar surface area (TPSA) is 63.3 Å². The smallest absolute Gasteiger partial charge is 0.290 e. The molecule has 1 atom stereocenters. The van der Waals surface area contributed by atoms with Crippen LogP contribution < -0.4 is 5.73 Å². The minimum absolute atomic E-state index is 0.250. The minimum atomic E-state index is -0.250. The van der Waals surface area contributed by atoms with Gasteiger partial charge in [0, 0.05) is 6.04 Å².